The van der Waals surface area contributed by atoms with Crippen LogP contribution in [0.5, 0.6) is 0 Å². The van der Waals surface area contributed by atoms with Crippen LogP contribution < -0.4 is 5.32 Å². The van der Waals surface area contributed by atoms with Crippen LogP contribution in [0.3, 0.4) is 0 Å². The average molecular weight is 426 g/mol. The second-order valence-corrected chi connectivity index (χ2v) is 8.53. The van der Waals surface area contributed by atoms with Gasteiger partial charge >= 0.3 is 0 Å². The Hall–Kier alpha value is -2.44. The van der Waals surface area contributed by atoms with E-state index in [9.17, 15) is 4.39 Å². The smallest absolute Gasteiger partial charge is 0.209 e. The van der Waals surface area contributed by atoms with Gasteiger partial charge in [-0.2, -0.15) is 0 Å². The summed E-state index contributed by atoms with van der Waals surface area (Å²) in [7, 11) is 0. The molecule has 0 bridgehead atoms. The predicted molar refractivity (Wildman–Crippen MR) is 108 cm³/mol. The van der Waals surface area contributed by atoms with Crippen LogP contribution in [0.4, 0.5) is 10.3 Å². The SMILES string of the molecule is Fc1ccccc1C1C=C(c2ccc(Br)s2)Nc2nc3ccccc3n21. The molecule has 1 aliphatic rings. The summed E-state index contributed by atoms with van der Waals surface area (Å²) in [5.74, 6) is 0.507. The van der Waals surface area contributed by atoms with E-state index in [4.69, 9.17) is 4.98 Å². The highest BCUT2D eigenvalue weighted by Crippen LogP contribution is 2.39. The summed E-state index contributed by atoms with van der Waals surface area (Å²) in [6, 6.07) is 18.6. The number of fused-ring (bicyclic) bond motifs is 3. The lowest BCUT2D eigenvalue weighted by Crippen LogP contribution is -2.19. The van der Waals surface area contributed by atoms with E-state index in [2.05, 4.69) is 31.9 Å². The first-order valence-corrected chi connectivity index (χ1v) is 9.77. The molecule has 2 aromatic heterocycles. The number of aromatic nitrogens is 2. The van der Waals surface area contributed by atoms with Gasteiger partial charge in [0.25, 0.3) is 0 Å². The van der Waals surface area contributed by atoms with Crippen molar-refractivity contribution in [3.8, 4) is 0 Å². The van der Waals surface area contributed by atoms with Gasteiger partial charge in [-0.05, 0) is 52.3 Å². The van der Waals surface area contributed by atoms with E-state index in [1.54, 1.807) is 17.4 Å². The number of nitrogens with zero attached hydrogens (tertiary/aromatic N) is 2. The number of thiophene rings is 1. The Morgan fingerprint density at radius 1 is 1.04 bits per heavy atom. The zero-order valence-electron chi connectivity index (χ0n) is 13.5. The van der Waals surface area contributed by atoms with Gasteiger partial charge < -0.3 is 5.32 Å². The Kier molecular flexibility index (Phi) is 3.69. The minimum absolute atomic E-state index is 0.217. The summed E-state index contributed by atoms with van der Waals surface area (Å²) in [4.78, 5) is 5.80. The minimum atomic E-state index is -0.268. The van der Waals surface area contributed by atoms with E-state index < -0.39 is 0 Å². The number of hydrogen-bond donors (Lipinski definition) is 1. The van der Waals surface area contributed by atoms with E-state index in [1.165, 1.54) is 6.07 Å². The highest BCUT2D eigenvalue weighted by Gasteiger charge is 2.27. The maximum atomic E-state index is 14.6. The van der Waals surface area contributed by atoms with E-state index in [0.717, 1.165) is 31.3 Å². The zero-order chi connectivity index (χ0) is 17.7. The molecule has 1 N–H and O–H groups in total. The highest BCUT2D eigenvalue weighted by atomic mass is 79.9. The van der Waals surface area contributed by atoms with Crippen LogP contribution in [0.1, 0.15) is 16.5 Å². The zero-order valence-corrected chi connectivity index (χ0v) is 15.9. The van der Waals surface area contributed by atoms with E-state index in [-0.39, 0.29) is 11.9 Å². The molecular formula is C20H13BrFN3S. The quantitative estimate of drug-likeness (QED) is 0.423. The molecule has 0 amide bonds. The van der Waals surface area contributed by atoms with Crippen LogP contribution in [0, 0.1) is 5.82 Å². The fraction of sp³-hybridized carbons (Fsp3) is 0.0500. The van der Waals surface area contributed by atoms with Gasteiger partial charge in [0, 0.05) is 5.56 Å². The fourth-order valence-electron chi connectivity index (χ4n) is 3.36. The molecule has 0 saturated carbocycles. The van der Waals surface area contributed by atoms with Gasteiger partial charge in [0.05, 0.1) is 31.4 Å². The Morgan fingerprint density at radius 2 is 1.85 bits per heavy atom. The first-order chi connectivity index (χ1) is 12.7. The Bertz CT molecular complexity index is 1160. The maximum absolute atomic E-state index is 14.6. The van der Waals surface area contributed by atoms with Crippen LogP contribution >= 0.6 is 27.3 Å². The van der Waals surface area contributed by atoms with Gasteiger partial charge in [0.15, 0.2) is 0 Å². The lowest BCUT2D eigenvalue weighted by molar-refractivity contribution is 0.583. The van der Waals surface area contributed by atoms with Crippen molar-refractivity contribution < 1.29 is 4.39 Å². The maximum Gasteiger partial charge on any atom is 0.209 e. The van der Waals surface area contributed by atoms with Crippen molar-refractivity contribution in [2.24, 2.45) is 0 Å². The number of allylic oxidation sites excluding steroid dienone is 1. The van der Waals surface area contributed by atoms with Crippen molar-refractivity contribution in [2.45, 2.75) is 6.04 Å². The molecule has 3 nitrogen and oxygen atoms in total. The Balaban J connectivity index is 1.76. The highest BCUT2D eigenvalue weighted by molar-refractivity contribution is 9.11. The van der Waals surface area contributed by atoms with Crippen molar-refractivity contribution >= 4 is 49.9 Å². The molecule has 6 heteroatoms. The lowest BCUT2D eigenvalue weighted by Gasteiger charge is -2.26. The van der Waals surface area contributed by atoms with Crippen molar-refractivity contribution in [1.29, 1.82) is 0 Å². The molecule has 1 unspecified atom stereocenters. The van der Waals surface area contributed by atoms with Gasteiger partial charge in [0.1, 0.15) is 5.82 Å². The molecule has 0 saturated heterocycles. The lowest BCUT2D eigenvalue weighted by atomic mass is 10.0. The summed E-state index contributed by atoms with van der Waals surface area (Å²) in [6.07, 6.45) is 2.07. The number of benzene rings is 2. The molecule has 2 aromatic carbocycles. The summed E-state index contributed by atoms with van der Waals surface area (Å²) in [5.41, 5.74) is 3.44. The molecule has 0 fully saturated rings. The average Bonchev–Trinajstić information content (AvgIpc) is 3.24. The minimum Gasteiger partial charge on any atom is -0.324 e. The predicted octanol–water partition coefficient (Wildman–Crippen LogP) is 6.06. The third-order valence-corrected chi connectivity index (χ3v) is 6.16. The van der Waals surface area contributed by atoms with Crippen molar-refractivity contribution in [3.05, 3.63) is 86.8 Å². The third-order valence-electron chi connectivity index (χ3n) is 4.51. The molecule has 5 rings (SSSR count). The second kappa shape index (κ2) is 6.07. The number of rotatable bonds is 2. The number of anilines is 1. The van der Waals surface area contributed by atoms with Crippen LogP contribution in [-0.4, -0.2) is 9.55 Å². The first kappa shape index (κ1) is 15.8. The normalized spacial score (nSPS) is 16.2. The Morgan fingerprint density at radius 3 is 2.65 bits per heavy atom. The van der Waals surface area contributed by atoms with Crippen LogP contribution in [0.25, 0.3) is 16.7 Å². The molecule has 26 heavy (non-hydrogen) atoms. The van der Waals surface area contributed by atoms with Gasteiger partial charge in [0.2, 0.25) is 5.95 Å². The Labute approximate surface area is 161 Å². The number of para-hydroxylation sites is 2. The molecule has 0 spiro atoms. The summed E-state index contributed by atoms with van der Waals surface area (Å²) < 4.78 is 17.7. The molecular weight excluding hydrogens is 413 g/mol. The number of hydrogen-bond acceptors (Lipinski definition) is 3. The molecule has 3 heterocycles. The number of halogens is 2. The molecule has 0 aliphatic carbocycles. The largest absolute Gasteiger partial charge is 0.324 e. The van der Waals surface area contributed by atoms with Crippen molar-refractivity contribution in [3.63, 3.8) is 0 Å². The molecule has 1 atom stereocenters. The fourth-order valence-corrected chi connectivity index (χ4v) is 4.72. The van der Waals surface area contributed by atoms with Gasteiger partial charge in [-0.25, -0.2) is 9.37 Å². The van der Waals surface area contributed by atoms with Crippen molar-refractivity contribution in [2.75, 3.05) is 5.32 Å². The third kappa shape index (κ3) is 2.48. The summed E-state index contributed by atoms with van der Waals surface area (Å²) in [6.45, 7) is 0. The van der Waals surface area contributed by atoms with Crippen molar-refractivity contribution in [1.82, 2.24) is 9.55 Å². The monoisotopic (exact) mass is 425 g/mol. The van der Waals surface area contributed by atoms with E-state index in [1.807, 2.05) is 48.5 Å². The standard InChI is InChI=1S/C20H13BrFN3S/c21-19-10-9-18(26-19)15-11-17(12-5-1-2-6-13(12)22)25-16-8-4-3-7-14(16)23-20(25)24-15/h1-11,17H,(H,23,24). The summed E-state index contributed by atoms with van der Waals surface area (Å²) in [5, 5.41) is 3.42. The van der Waals surface area contributed by atoms with Crippen LogP contribution in [-0.2, 0) is 0 Å². The molecule has 4 aromatic rings. The number of imidazole rings is 1. The van der Waals surface area contributed by atoms with E-state index in [0.29, 0.717) is 5.56 Å². The van der Waals surface area contributed by atoms with Gasteiger partial charge in [-0.3, -0.25) is 4.57 Å². The first-order valence-electron chi connectivity index (χ1n) is 8.16. The van der Waals surface area contributed by atoms with Gasteiger partial charge in [-0.15, -0.1) is 11.3 Å². The molecule has 0 radical (unpaired) electrons. The second-order valence-electron chi connectivity index (χ2n) is 6.07. The number of nitrogens with one attached hydrogen (secondary N) is 1. The van der Waals surface area contributed by atoms with Crippen LogP contribution in [0.15, 0.2) is 70.5 Å². The van der Waals surface area contributed by atoms with Crippen LogP contribution in [0.2, 0.25) is 0 Å². The molecule has 1 aliphatic heterocycles. The topological polar surface area (TPSA) is 29.9 Å². The molecule has 128 valence electrons. The van der Waals surface area contributed by atoms with Gasteiger partial charge in [-0.1, -0.05) is 30.3 Å². The summed E-state index contributed by atoms with van der Waals surface area (Å²) >= 11 is 5.15. The van der Waals surface area contributed by atoms with E-state index >= 15 is 0 Å².